The summed E-state index contributed by atoms with van der Waals surface area (Å²) < 4.78 is 4.87. The molecule has 1 aromatic carbocycles. The van der Waals surface area contributed by atoms with Crippen molar-refractivity contribution in [3.05, 3.63) is 40.4 Å². The van der Waals surface area contributed by atoms with Crippen LogP contribution in [0.2, 0.25) is 0 Å². The molecule has 1 aromatic heterocycles. The molecule has 0 aliphatic heterocycles. The number of anilines is 1. The number of nitrogens with one attached hydrogen (secondary N) is 1. The van der Waals surface area contributed by atoms with Gasteiger partial charge >= 0.3 is 13.1 Å². The molecule has 0 aliphatic carbocycles. The van der Waals surface area contributed by atoms with Gasteiger partial charge in [0.15, 0.2) is 0 Å². The normalized spacial score (nSPS) is 10.8. The second-order valence-electron chi connectivity index (χ2n) is 4.99. The summed E-state index contributed by atoms with van der Waals surface area (Å²) in [5, 5.41) is 24.7. The monoisotopic (exact) mass is 347 g/mol. The molecule has 0 spiro atoms. The van der Waals surface area contributed by atoms with Crippen LogP contribution in [0.5, 0.6) is 0 Å². The Labute approximate surface area is 144 Å². The van der Waals surface area contributed by atoms with Gasteiger partial charge in [0.25, 0.3) is 0 Å². The fraction of sp³-hybridized carbons (Fsp3) is 0.267. The highest BCUT2D eigenvalue weighted by atomic mass is 32.1. The number of carbonyl (C=O) groups excluding carboxylic acids is 1. The molecule has 0 amide bonds. The zero-order valence-electron chi connectivity index (χ0n) is 13.4. The van der Waals surface area contributed by atoms with E-state index in [1.165, 1.54) is 11.3 Å². The molecule has 0 atom stereocenters. The molecule has 1 heterocycles. The maximum atomic E-state index is 11.4. The highest BCUT2D eigenvalue weighted by Gasteiger charge is 2.11. The molecule has 2 aromatic rings. The fourth-order valence-corrected chi connectivity index (χ4v) is 2.62. The van der Waals surface area contributed by atoms with Crippen LogP contribution < -0.4 is 10.9 Å². The third-order valence-corrected chi connectivity index (χ3v) is 3.93. The molecule has 0 saturated heterocycles. The maximum Gasteiger partial charge on any atom is 0.488 e. The van der Waals surface area contributed by atoms with Gasteiger partial charge in [-0.2, -0.15) is 5.10 Å². The minimum atomic E-state index is -1.49. The topological polar surface area (TPSA) is 104 Å². The quantitative estimate of drug-likeness (QED) is 0.295. The second-order valence-corrected chi connectivity index (χ2v) is 5.84. The fourth-order valence-electron chi connectivity index (χ4n) is 1.96. The minimum absolute atomic E-state index is 0.139. The van der Waals surface area contributed by atoms with Crippen molar-refractivity contribution < 1.29 is 19.6 Å². The van der Waals surface area contributed by atoms with Gasteiger partial charge in [-0.1, -0.05) is 18.2 Å². The molecule has 0 radical (unpaired) electrons. The molecular weight excluding hydrogens is 329 g/mol. The van der Waals surface area contributed by atoms with E-state index in [-0.39, 0.29) is 12.4 Å². The Morgan fingerprint density at radius 1 is 1.50 bits per heavy atom. The number of hydrogen-bond donors (Lipinski definition) is 3. The van der Waals surface area contributed by atoms with E-state index in [9.17, 15) is 4.79 Å². The first-order chi connectivity index (χ1) is 11.5. The molecule has 0 bridgehead atoms. The van der Waals surface area contributed by atoms with Crippen LogP contribution in [0.15, 0.2) is 28.7 Å². The molecule has 3 N–H and O–H groups in total. The van der Waals surface area contributed by atoms with Crippen molar-refractivity contribution in [2.75, 3.05) is 12.0 Å². The van der Waals surface area contributed by atoms with E-state index >= 15 is 0 Å². The summed E-state index contributed by atoms with van der Waals surface area (Å²) in [5.41, 5.74) is 5.59. The lowest BCUT2D eigenvalue weighted by molar-refractivity contribution is -0.142. The van der Waals surface area contributed by atoms with E-state index < -0.39 is 7.12 Å². The Balaban J connectivity index is 1.95. The van der Waals surface area contributed by atoms with Gasteiger partial charge in [-0.15, -0.1) is 11.3 Å². The highest BCUT2D eigenvalue weighted by molar-refractivity contribution is 7.13. The third-order valence-electron chi connectivity index (χ3n) is 3.14. The van der Waals surface area contributed by atoms with Crippen molar-refractivity contribution in [1.82, 2.24) is 4.98 Å². The smallest absolute Gasteiger partial charge is 0.466 e. The number of benzene rings is 1. The van der Waals surface area contributed by atoms with Gasteiger partial charge in [0.05, 0.1) is 24.9 Å². The summed E-state index contributed by atoms with van der Waals surface area (Å²) in [4.78, 5) is 15.6. The summed E-state index contributed by atoms with van der Waals surface area (Å²) in [6.07, 6.45) is 1.76. The van der Waals surface area contributed by atoms with Gasteiger partial charge in [0, 0.05) is 5.38 Å². The molecule has 0 unspecified atom stereocenters. The van der Waals surface area contributed by atoms with Crippen molar-refractivity contribution in [3.8, 4) is 0 Å². The summed E-state index contributed by atoms with van der Waals surface area (Å²) >= 11 is 1.35. The lowest BCUT2D eigenvalue weighted by Crippen LogP contribution is -2.30. The summed E-state index contributed by atoms with van der Waals surface area (Å²) in [5.74, 6) is -0.306. The van der Waals surface area contributed by atoms with E-state index in [4.69, 9.17) is 14.8 Å². The van der Waals surface area contributed by atoms with Gasteiger partial charge in [-0.3, -0.25) is 10.2 Å². The van der Waals surface area contributed by atoms with Crippen molar-refractivity contribution in [2.45, 2.75) is 20.3 Å². The number of nitrogens with zero attached hydrogens (tertiary/aromatic N) is 2. The zero-order chi connectivity index (χ0) is 17.5. The summed E-state index contributed by atoms with van der Waals surface area (Å²) in [6.45, 7) is 3.97. The lowest BCUT2D eigenvalue weighted by Gasteiger charge is -2.04. The van der Waals surface area contributed by atoms with Crippen molar-refractivity contribution in [1.29, 1.82) is 0 Å². The van der Waals surface area contributed by atoms with E-state index in [2.05, 4.69) is 15.5 Å². The Morgan fingerprint density at radius 2 is 2.29 bits per heavy atom. The van der Waals surface area contributed by atoms with E-state index in [1.807, 2.05) is 6.92 Å². The number of carbonyl (C=O) groups is 1. The van der Waals surface area contributed by atoms with Crippen LogP contribution in [0.3, 0.4) is 0 Å². The van der Waals surface area contributed by atoms with Crippen LogP contribution in [0.4, 0.5) is 5.13 Å². The van der Waals surface area contributed by atoms with E-state index in [0.717, 1.165) is 11.1 Å². The average molecular weight is 347 g/mol. The number of hydrogen-bond acceptors (Lipinski definition) is 8. The first-order valence-electron chi connectivity index (χ1n) is 7.35. The van der Waals surface area contributed by atoms with Gasteiger partial charge in [0.2, 0.25) is 5.13 Å². The predicted octanol–water partition coefficient (Wildman–Crippen LogP) is 0.683. The van der Waals surface area contributed by atoms with Gasteiger partial charge in [0.1, 0.15) is 0 Å². The molecule has 24 heavy (non-hydrogen) atoms. The molecule has 2 rings (SSSR count). The van der Waals surface area contributed by atoms with Gasteiger partial charge < -0.3 is 14.8 Å². The van der Waals surface area contributed by atoms with Crippen LogP contribution >= 0.6 is 11.3 Å². The SMILES string of the molecule is CCOC(=O)Cc1csc(NN=Cc2ccc(B(O)O)cc2C)n1. The maximum absolute atomic E-state index is 11.4. The average Bonchev–Trinajstić information content (AvgIpc) is 2.96. The Kier molecular flexibility index (Phi) is 6.48. The van der Waals surface area contributed by atoms with E-state index in [0.29, 0.717) is 22.9 Å². The van der Waals surface area contributed by atoms with Crippen LogP contribution in [0.25, 0.3) is 0 Å². The summed E-state index contributed by atoms with van der Waals surface area (Å²) in [6, 6.07) is 5.07. The Hall–Kier alpha value is -2.23. The standard InChI is InChI=1S/C15H18BN3O4S/c1-3-23-14(20)7-13-9-24-15(18-13)19-17-8-11-4-5-12(16(21)22)6-10(11)2/h4-6,8-9,21-22H,3,7H2,1-2H3,(H,18,19). The highest BCUT2D eigenvalue weighted by Crippen LogP contribution is 2.16. The number of aromatic nitrogens is 1. The van der Waals surface area contributed by atoms with E-state index in [1.54, 1.807) is 36.7 Å². The van der Waals surface area contributed by atoms with Crippen LogP contribution in [0.1, 0.15) is 23.7 Å². The number of aryl methyl sites for hydroxylation is 1. The number of hydrazone groups is 1. The molecule has 0 aliphatic rings. The number of rotatable bonds is 7. The second kappa shape index (κ2) is 8.58. The van der Waals surface area contributed by atoms with Gasteiger partial charge in [-0.25, -0.2) is 4.98 Å². The van der Waals surface area contributed by atoms with Crippen LogP contribution in [-0.2, 0) is 16.0 Å². The predicted molar refractivity (Wildman–Crippen MR) is 94.7 cm³/mol. The minimum Gasteiger partial charge on any atom is -0.466 e. The third kappa shape index (κ3) is 5.15. The van der Waals surface area contributed by atoms with Crippen molar-refractivity contribution >= 4 is 41.2 Å². The molecule has 9 heteroatoms. The molecule has 0 saturated carbocycles. The molecule has 0 fully saturated rings. The summed E-state index contributed by atoms with van der Waals surface area (Å²) in [7, 11) is -1.49. The van der Waals surface area contributed by atoms with Crippen molar-refractivity contribution in [2.24, 2.45) is 5.10 Å². The first-order valence-corrected chi connectivity index (χ1v) is 8.23. The first kappa shape index (κ1) is 18.1. The van der Waals surface area contributed by atoms with Crippen molar-refractivity contribution in [3.63, 3.8) is 0 Å². The van der Waals surface area contributed by atoms with Crippen LogP contribution in [0, 0.1) is 6.92 Å². The Morgan fingerprint density at radius 3 is 2.96 bits per heavy atom. The molecule has 126 valence electrons. The Bertz CT molecular complexity index is 733. The lowest BCUT2D eigenvalue weighted by atomic mass is 9.79. The van der Waals surface area contributed by atoms with Gasteiger partial charge in [-0.05, 0) is 30.4 Å². The molecular formula is C15H18BN3O4S. The number of ether oxygens (including phenoxy) is 1. The molecule has 7 nitrogen and oxygen atoms in total. The van der Waals surface area contributed by atoms with Crippen LogP contribution in [-0.4, -0.2) is 40.9 Å². The number of esters is 1. The largest absolute Gasteiger partial charge is 0.488 e. The zero-order valence-corrected chi connectivity index (χ0v) is 14.2. The number of thiazole rings is 1.